The van der Waals surface area contributed by atoms with Crippen LogP contribution in [-0.2, 0) is 14.8 Å². The monoisotopic (exact) mass is 483 g/mol. The second kappa shape index (κ2) is 11.0. The minimum absolute atomic E-state index is 0.0498. The van der Waals surface area contributed by atoms with Crippen molar-refractivity contribution in [3.05, 3.63) is 60.2 Å². The summed E-state index contributed by atoms with van der Waals surface area (Å²) in [5, 5.41) is 3.12. The number of hydrogen-bond donors (Lipinski definition) is 2. The predicted molar refractivity (Wildman–Crippen MR) is 132 cm³/mol. The van der Waals surface area contributed by atoms with Crippen molar-refractivity contribution in [1.82, 2.24) is 10.2 Å². The van der Waals surface area contributed by atoms with E-state index in [2.05, 4.69) is 10.0 Å². The number of hydrogen-bond acceptors (Lipinski definition) is 4. The van der Waals surface area contributed by atoms with Crippen molar-refractivity contribution in [3.8, 4) is 0 Å². The van der Waals surface area contributed by atoms with Crippen molar-refractivity contribution in [2.24, 2.45) is 11.8 Å². The minimum atomic E-state index is -3.69. The minimum Gasteiger partial charge on any atom is -0.356 e. The van der Waals surface area contributed by atoms with Crippen LogP contribution in [0.5, 0.6) is 0 Å². The first-order chi connectivity index (χ1) is 16.4. The summed E-state index contributed by atoms with van der Waals surface area (Å²) in [5.41, 5.74) is 0.866. The quantitative estimate of drug-likeness (QED) is 0.621. The topological polar surface area (TPSA) is 95.6 Å². The molecule has 0 radical (unpaired) electrons. The zero-order valence-corrected chi connectivity index (χ0v) is 20.2. The summed E-state index contributed by atoms with van der Waals surface area (Å²) >= 11 is 0. The third kappa shape index (κ3) is 6.17. The molecular weight excluding hydrogens is 450 g/mol. The molecule has 0 aromatic heterocycles. The lowest BCUT2D eigenvalue weighted by atomic mass is 9.89. The van der Waals surface area contributed by atoms with Gasteiger partial charge in [0.05, 0.1) is 10.8 Å². The molecule has 1 heterocycles. The SMILES string of the molecule is O=C(NCC1CCCCC1)C1CCCN(C(=O)c2ccc(NS(=O)(=O)c3ccccc3)cc2)C1. The number of sulfonamides is 1. The van der Waals surface area contributed by atoms with Gasteiger partial charge in [0, 0.05) is 30.9 Å². The number of nitrogens with zero attached hydrogens (tertiary/aromatic N) is 1. The van der Waals surface area contributed by atoms with E-state index in [-0.39, 0.29) is 22.6 Å². The van der Waals surface area contributed by atoms with Gasteiger partial charge in [-0.05, 0) is 68.0 Å². The molecule has 1 aliphatic carbocycles. The standard InChI is InChI=1S/C26H33N3O4S/c30-25(27-18-20-8-3-1-4-9-20)22-10-7-17-29(19-22)26(31)21-13-15-23(16-14-21)28-34(32,33)24-11-5-2-6-12-24/h2,5-6,11-16,20,22,28H,1,3-4,7-10,17-19H2,(H,27,30). The van der Waals surface area contributed by atoms with Gasteiger partial charge in [-0.3, -0.25) is 14.3 Å². The van der Waals surface area contributed by atoms with Gasteiger partial charge < -0.3 is 10.2 Å². The van der Waals surface area contributed by atoms with E-state index in [1.54, 1.807) is 47.4 Å². The molecular formula is C26H33N3O4S. The fraction of sp³-hybridized carbons (Fsp3) is 0.462. The maximum absolute atomic E-state index is 13.0. The number of carbonyl (C=O) groups excluding carboxylic acids is 2. The van der Waals surface area contributed by atoms with Crippen LogP contribution in [0.4, 0.5) is 5.69 Å². The van der Waals surface area contributed by atoms with Gasteiger partial charge in [0.1, 0.15) is 0 Å². The highest BCUT2D eigenvalue weighted by atomic mass is 32.2. The Hall–Kier alpha value is -2.87. The van der Waals surface area contributed by atoms with E-state index in [1.165, 1.54) is 44.2 Å². The molecule has 2 fully saturated rings. The average Bonchev–Trinajstić information content (AvgIpc) is 2.88. The van der Waals surface area contributed by atoms with Crippen LogP contribution in [0.15, 0.2) is 59.5 Å². The van der Waals surface area contributed by atoms with Crippen molar-refractivity contribution >= 4 is 27.5 Å². The van der Waals surface area contributed by atoms with Crippen molar-refractivity contribution in [1.29, 1.82) is 0 Å². The number of piperidine rings is 1. The zero-order chi connectivity index (χ0) is 24.0. The Kier molecular flexibility index (Phi) is 7.88. The molecule has 1 aliphatic heterocycles. The lowest BCUT2D eigenvalue weighted by Crippen LogP contribution is -2.46. The summed E-state index contributed by atoms with van der Waals surface area (Å²) in [4.78, 5) is 27.7. The van der Waals surface area contributed by atoms with Gasteiger partial charge in [-0.2, -0.15) is 0 Å². The van der Waals surface area contributed by atoms with Gasteiger partial charge in [-0.25, -0.2) is 8.42 Å². The summed E-state index contributed by atoms with van der Waals surface area (Å²) in [5.74, 6) is 0.311. The van der Waals surface area contributed by atoms with Gasteiger partial charge in [-0.1, -0.05) is 37.5 Å². The Labute approximate surface area is 202 Å². The molecule has 1 saturated carbocycles. The summed E-state index contributed by atoms with van der Waals surface area (Å²) in [7, 11) is -3.69. The summed E-state index contributed by atoms with van der Waals surface area (Å²) < 4.78 is 27.5. The van der Waals surface area contributed by atoms with Crippen LogP contribution in [-0.4, -0.2) is 44.8 Å². The number of benzene rings is 2. The molecule has 182 valence electrons. The number of likely N-dealkylation sites (tertiary alicyclic amines) is 1. The zero-order valence-electron chi connectivity index (χ0n) is 19.4. The third-order valence-corrected chi connectivity index (χ3v) is 8.20. The molecule has 34 heavy (non-hydrogen) atoms. The Morgan fingerprint density at radius 3 is 2.29 bits per heavy atom. The lowest BCUT2D eigenvalue weighted by molar-refractivity contribution is -0.126. The first kappa shape index (κ1) is 24.3. The van der Waals surface area contributed by atoms with Gasteiger partial charge in [0.2, 0.25) is 5.91 Å². The van der Waals surface area contributed by atoms with E-state index in [0.717, 1.165) is 19.4 Å². The fourth-order valence-corrected chi connectivity index (χ4v) is 5.91. The van der Waals surface area contributed by atoms with E-state index >= 15 is 0 Å². The van der Waals surface area contributed by atoms with Crippen LogP contribution in [0.2, 0.25) is 0 Å². The van der Waals surface area contributed by atoms with Crippen LogP contribution in [0.1, 0.15) is 55.3 Å². The molecule has 2 amide bonds. The first-order valence-corrected chi connectivity index (χ1v) is 13.7. The molecule has 1 unspecified atom stereocenters. The number of rotatable bonds is 7. The molecule has 0 bridgehead atoms. The molecule has 2 aromatic rings. The van der Waals surface area contributed by atoms with Crippen molar-refractivity contribution in [2.45, 2.75) is 49.8 Å². The van der Waals surface area contributed by atoms with Gasteiger partial charge >= 0.3 is 0 Å². The number of carbonyl (C=O) groups is 2. The Morgan fingerprint density at radius 1 is 0.882 bits per heavy atom. The number of nitrogens with one attached hydrogen (secondary N) is 2. The van der Waals surface area contributed by atoms with E-state index in [1.807, 2.05) is 0 Å². The average molecular weight is 484 g/mol. The maximum Gasteiger partial charge on any atom is 0.261 e. The highest BCUT2D eigenvalue weighted by molar-refractivity contribution is 7.92. The molecule has 8 heteroatoms. The molecule has 2 aromatic carbocycles. The summed E-state index contributed by atoms with van der Waals surface area (Å²) in [6.07, 6.45) is 7.75. The fourth-order valence-electron chi connectivity index (χ4n) is 4.83. The molecule has 2 N–H and O–H groups in total. The number of anilines is 1. The first-order valence-electron chi connectivity index (χ1n) is 12.2. The smallest absolute Gasteiger partial charge is 0.261 e. The number of amides is 2. The van der Waals surface area contributed by atoms with Crippen LogP contribution in [0.3, 0.4) is 0 Å². The molecule has 7 nitrogen and oxygen atoms in total. The third-order valence-electron chi connectivity index (χ3n) is 6.81. The van der Waals surface area contributed by atoms with Gasteiger partial charge in [0.15, 0.2) is 0 Å². The van der Waals surface area contributed by atoms with Gasteiger partial charge in [0.25, 0.3) is 15.9 Å². The maximum atomic E-state index is 13.0. The molecule has 4 rings (SSSR count). The summed E-state index contributed by atoms with van der Waals surface area (Å²) in [6, 6.07) is 14.6. The second-order valence-corrected chi connectivity index (χ2v) is 11.0. The van der Waals surface area contributed by atoms with Gasteiger partial charge in [-0.15, -0.1) is 0 Å². The Balaban J connectivity index is 1.32. The highest BCUT2D eigenvalue weighted by Crippen LogP contribution is 2.24. The van der Waals surface area contributed by atoms with Crippen LogP contribution < -0.4 is 10.0 Å². The van der Waals surface area contributed by atoms with E-state index < -0.39 is 10.0 Å². The normalized spacial score (nSPS) is 19.4. The van der Waals surface area contributed by atoms with Crippen LogP contribution in [0.25, 0.3) is 0 Å². The van der Waals surface area contributed by atoms with E-state index in [0.29, 0.717) is 30.3 Å². The Morgan fingerprint density at radius 2 is 1.59 bits per heavy atom. The van der Waals surface area contributed by atoms with Crippen LogP contribution in [0, 0.1) is 11.8 Å². The molecule has 0 spiro atoms. The van der Waals surface area contributed by atoms with E-state index in [4.69, 9.17) is 0 Å². The molecule has 1 saturated heterocycles. The molecule has 2 aliphatic rings. The Bertz CT molecular complexity index is 1080. The van der Waals surface area contributed by atoms with Crippen LogP contribution >= 0.6 is 0 Å². The predicted octanol–water partition coefficient (Wildman–Crippen LogP) is 4.04. The largest absolute Gasteiger partial charge is 0.356 e. The lowest BCUT2D eigenvalue weighted by Gasteiger charge is -2.32. The van der Waals surface area contributed by atoms with Crippen molar-refractivity contribution in [2.75, 3.05) is 24.4 Å². The van der Waals surface area contributed by atoms with Crippen molar-refractivity contribution < 1.29 is 18.0 Å². The highest BCUT2D eigenvalue weighted by Gasteiger charge is 2.29. The second-order valence-electron chi connectivity index (χ2n) is 9.34. The van der Waals surface area contributed by atoms with E-state index in [9.17, 15) is 18.0 Å². The van der Waals surface area contributed by atoms with Crippen molar-refractivity contribution in [3.63, 3.8) is 0 Å². The molecule has 1 atom stereocenters. The summed E-state index contributed by atoms with van der Waals surface area (Å²) in [6.45, 7) is 1.77.